The molecule has 0 saturated carbocycles. The van der Waals surface area contributed by atoms with Crippen LogP contribution in [0.4, 0.5) is 0 Å². The Morgan fingerprint density at radius 2 is 2.13 bits per heavy atom. The normalized spacial score (nSPS) is 18.3. The Morgan fingerprint density at radius 3 is 2.74 bits per heavy atom. The van der Waals surface area contributed by atoms with Crippen molar-refractivity contribution < 1.29 is 19.5 Å². The van der Waals surface area contributed by atoms with Gasteiger partial charge in [0.1, 0.15) is 6.54 Å². The number of carboxylic acid groups (broad SMARTS) is 1. The first-order valence-electron chi connectivity index (χ1n) is 7.76. The molecule has 1 N–H and O–H groups in total. The van der Waals surface area contributed by atoms with Crippen molar-refractivity contribution in [2.75, 3.05) is 19.6 Å². The largest absolute Gasteiger partial charge is 0.480 e. The van der Waals surface area contributed by atoms with Crippen LogP contribution in [0.5, 0.6) is 0 Å². The van der Waals surface area contributed by atoms with Gasteiger partial charge in [0.25, 0.3) is 0 Å². The maximum absolute atomic E-state index is 12.4. The molecule has 126 valence electrons. The molecule has 0 aromatic carbocycles. The van der Waals surface area contributed by atoms with E-state index in [4.69, 9.17) is 5.11 Å². The van der Waals surface area contributed by atoms with Crippen LogP contribution in [0.25, 0.3) is 0 Å². The molecule has 1 atom stereocenters. The lowest BCUT2D eigenvalue weighted by molar-refractivity contribution is -0.145. The number of carboxylic acids is 1. The second-order valence-electron chi connectivity index (χ2n) is 5.76. The molecular weight excluding hydrogens is 316 g/mol. The summed E-state index contributed by atoms with van der Waals surface area (Å²) in [7, 11) is 0. The van der Waals surface area contributed by atoms with Crippen LogP contribution in [0.15, 0.2) is 17.5 Å². The first-order valence-corrected chi connectivity index (χ1v) is 8.64. The van der Waals surface area contributed by atoms with Crippen LogP contribution in [0.3, 0.4) is 0 Å². The van der Waals surface area contributed by atoms with Crippen molar-refractivity contribution in [3.8, 4) is 0 Å². The molecule has 7 heteroatoms. The van der Waals surface area contributed by atoms with Gasteiger partial charge in [-0.05, 0) is 30.7 Å². The van der Waals surface area contributed by atoms with Gasteiger partial charge in [-0.1, -0.05) is 6.07 Å². The Kier molecular flexibility index (Phi) is 6.15. The van der Waals surface area contributed by atoms with Crippen molar-refractivity contribution in [1.82, 2.24) is 9.80 Å². The molecule has 0 aliphatic carbocycles. The van der Waals surface area contributed by atoms with E-state index in [1.807, 2.05) is 22.4 Å². The summed E-state index contributed by atoms with van der Waals surface area (Å²) in [5.74, 6) is -1.13. The molecule has 1 aromatic heterocycles. The van der Waals surface area contributed by atoms with Gasteiger partial charge in [0.2, 0.25) is 11.8 Å². The number of likely N-dealkylation sites (tertiary alicyclic amines) is 1. The molecule has 1 aliphatic rings. The zero-order chi connectivity index (χ0) is 16.8. The highest BCUT2D eigenvalue weighted by atomic mass is 32.1. The van der Waals surface area contributed by atoms with Gasteiger partial charge < -0.3 is 14.9 Å². The van der Waals surface area contributed by atoms with Gasteiger partial charge in [0.15, 0.2) is 0 Å². The van der Waals surface area contributed by atoms with E-state index in [9.17, 15) is 14.4 Å². The Hall–Kier alpha value is -1.89. The molecule has 1 unspecified atom stereocenters. The predicted molar refractivity (Wildman–Crippen MR) is 87.3 cm³/mol. The summed E-state index contributed by atoms with van der Waals surface area (Å²) in [4.78, 5) is 39.3. The van der Waals surface area contributed by atoms with Crippen molar-refractivity contribution in [2.45, 2.75) is 38.6 Å². The van der Waals surface area contributed by atoms with E-state index in [2.05, 4.69) is 0 Å². The number of thiophene rings is 1. The van der Waals surface area contributed by atoms with E-state index in [0.717, 1.165) is 17.7 Å². The van der Waals surface area contributed by atoms with Crippen molar-refractivity contribution in [2.24, 2.45) is 0 Å². The minimum absolute atomic E-state index is 0.0979. The van der Waals surface area contributed by atoms with Crippen LogP contribution >= 0.6 is 11.3 Å². The molecule has 1 aromatic rings. The molecule has 2 heterocycles. The summed E-state index contributed by atoms with van der Waals surface area (Å²) in [6, 6.07) is 3.78. The van der Waals surface area contributed by atoms with E-state index in [1.54, 1.807) is 11.3 Å². The molecular formula is C16H22N2O4S. The van der Waals surface area contributed by atoms with E-state index in [-0.39, 0.29) is 24.4 Å². The van der Waals surface area contributed by atoms with Gasteiger partial charge in [-0.25, -0.2) is 0 Å². The number of carbonyl (C=O) groups is 3. The molecule has 2 rings (SSSR count). The quantitative estimate of drug-likeness (QED) is 0.885. The summed E-state index contributed by atoms with van der Waals surface area (Å²) in [6.07, 6.45) is 2.55. The van der Waals surface area contributed by atoms with Gasteiger partial charge in [-0.15, -0.1) is 11.3 Å². The number of nitrogens with zero attached hydrogens (tertiary/aromatic N) is 2. The molecule has 0 spiro atoms. The summed E-state index contributed by atoms with van der Waals surface area (Å²) in [5, 5.41) is 10.9. The highest BCUT2D eigenvalue weighted by Gasteiger charge is 2.27. The van der Waals surface area contributed by atoms with Crippen LogP contribution in [0.1, 0.15) is 31.1 Å². The number of hydrogen-bond donors (Lipinski definition) is 1. The maximum Gasteiger partial charge on any atom is 0.323 e. The van der Waals surface area contributed by atoms with Gasteiger partial charge in [-0.3, -0.25) is 14.4 Å². The number of carbonyl (C=O) groups excluding carboxylic acids is 2. The summed E-state index contributed by atoms with van der Waals surface area (Å²) < 4.78 is 0. The van der Waals surface area contributed by atoms with Crippen LogP contribution in [-0.4, -0.2) is 58.4 Å². The molecule has 1 saturated heterocycles. The molecule has 1 aliphatic heterocycles. The van der Waals surface area contributed by atoms with Gasteiger partial charge in [0.05, 0.1) is 6.42 Å². The first kappa shape index (κ1) is 17.5. The lowest BCUT2D eigenvalue weighted by Gasteiger charge is -2.28. The second kappa shape index (κ2) is 8.10. The predicted octanol–water partition coefficient (Wildman–Crippen LogP) is 1.60. The van der Waals surface area contributed by atoms with Crippen molar-refractivity contribution >= 4 is 29.1 Å². The Labute approximate surface area is 139 Å². The van der Waals surface area contributed by atoms with E-state index < -0.39 is 5.97 Å². The average molecular weight is 338 g/mol. The number of hydrogen-bond acceptors (Lipinski definition) is 4. The minimum Gasteiger partial charge on any atom is -0.480 e. The molecule has 0 bridgehead atoms. The Morgan fingerprint density at radius 1 is 1.35 bits per heavy atom. The fraction of sp³-hybridized carbons (Fsp3) is 0.562. The second-order valence-corrected chi connectivity index (χ2v) is 6.79. The van der Waals surface area contributed by atoms with E-state index >= 15 is 0 Å². The number of amides is 2. The number of aliphatic carboxylic acids is 1. The van der Waals surface area contributed by atoms with Crippen LogP contribution in [0, 0.1) is 0 Å². The van der Waals surface area contributed by atoms with E-state index in [0.29, 0.717) is 25.9 Å². The van der Waals surface area contributed by atoms with Gasteiger partial charge >= 0.3 is 5.97 Å². The monoisotopic (exact) mass is 338 g/mol. The molecule has 1 fully saturated rings. The Bertz CT molecular complexity index is 558. The minimum atomic E-state index is -1.00. The van der Waals surface area contributed by atoms with Crippen molar-refractivity contribution in [3.05, 3.63) is 22.4 Å². The first-order chi connectivity index (χ1) is 11.0. The zero-order valence-electron chi connectivity index (χ0n) is 13.2. The lowest BCUT2D eigenvalue weighted by Crippen LogP contribution is -2.43. The third-order valence-corrected chi connectivity index (χ3v) is 4.98. The topological polar surface area (TPSA) is 77.9 Å². The molecule has 23 heavy (non-hydrogen) atoms. The van der Waals surface area contributed by atoms with Crippen LogP contribution in [0.2, 0.25) is 0 Å². The lowest BCUT2D eigenvalue weighted by atomic mass is 10.1. The third-order valence-electron chi connectivity index (χ3n) is 4.11. The zero-order valence-corrected chi connectivity index (χ0v) is 14.1. The maximum atomic E-state index is 12.4. The summed E-state index contributed by atoms with van der Waals surface area (Å²) >= 11 is 1.57. The highest BCUT2D eigenvalue weighted by molar-refractivity contribution is 7.10. The standard InChI is InChI=1S/C16H22N2O4S/c1-12(19)18(11-16(21)22)13-4-2-7-17(8-6-13)15(20)10-14-5-3-9-23-14/h3,5,9,13H,2,4,6-8,10-11H2,1H3,(H,21,22). The summed E-state index contributed by atoms with van der Waals surface area (Å²) in [5.41, 5.74) is 0. The highest BCUT2D eigenvalue weighted by Crippen LogP contribution is 2.19. The Balaban J connectivity index is 1.94. The number of rotatable bonds is 5. The molecule has 6 nitrogen and oxygen atoms in total. The van der Waals surface area contributed by atoms with Crippen molar-refractivity contribution in [1.29, 1.82) is 0 Å². The van der Waals surface area contributed by atoms with Crippen LogP contribution < -0.4 is 0 Å². The smallest absolute Gasteiger partial charge is 0.323 e. The van der Waals surface area contributed by atoms with Gasteiger partial charge in [-0.2, -0.15) is 0 Å². The van der Waals surface area contributed by atoms with Gasteiger partial charge in [0, 0.05) is 30.9 Å². The van der Waals surface area contributed by atoms with Crippen LogP contribution in [-0.2, 0) is 20.8 Å². The fourth-order valence-electron chi connectivity index (χ4n) is 2.96. The molecule has 0 radical (unpaired) electrons. The molecule has 2 amide bonds. The summed E-state index contributed by atoms with van der Waals surface area (Å²) in [6.45, 7) is 2.36. The SMILES string of the molecule is CC(=O)N(CC(=O)O)C1CCCN(C(=O)Cc2cccs2)CC1. The fourth-order valence-corrected chi connectivity index (χ4v) is 3.65. The average Bonchev–Trinajstić information content (AvgIpc) is 2.86. The van der Waals surface area contributed by atoms with Crippen molar-refractivity contribution in [3.63, 3.8) is 0 Å². The van der Waals surface area contributed by atoms with E-state index in [1.165, 1.54) is 11.8 Å². The third kappa shape index (κ3) is 5.06.